The maximum absolute atomic E-state index is 11.5. The molecular formula is C11H18N2O3. The van der Waals surface area contributed by atoms with Gasteiger partial charge >= 0.3 is 0 Å². The molecule has 16 heavy (non-hydrogen) atoms. The second-order valence-corrected chi connectivity index (χ2v) is 4.66. The molecule has 0 aromatic carbocycles. The molecule has 0 saturated carbocycles. The smallest absolute Gasteiger partial charge is 0.273 e. The van der Waals surface area contributed by atoms with Crippen LogP contribution in [0.2, 0.25) is 0 Å². The number of aromatic nitrogens is 1. The molecule has 0 fully saturated rings. The van der Waals surface area contributed by atoms with Crippen molar-refractivity contribution in [1.82, 2.24) is 10.5 Å². The van der Waals surface area contributed by atoms with Gasteiger partial charge in [-0.15, -0.1) is 0 Å². The Kier molecular flexibility index (Phi) is 4.06. The number of nitrogens with zero attached hydrogens (tertiary/aromatic N) is 1. The van der Waals surface area contributed by atoms with E-state index < -0.39 is 0 Å². The fourth-order valence-corrected chi connectivity index (χ4v) is 1.11. The van der Waals surface area contributed by atoms with Gasteiger partial charge < -0.3 is 14.9 Å². The van der Waals surface area contributed by atoms with E-state index in [1.54, 1.807) is 6.07 Å². The van der Waals surface area contributed by atoms with Crippen molar-refractivity contribution in [2.45, 2.75) is 32.6 Å². The molecule has 0 saturated heterocycles. The molecule has 0 aliphatic heterocycles. The first-order valence-electron chi connectivity index (χ1n) is 5.31. The zero-order chi connectivity index (χ0) is 12.2. The molecule has 90 valence electrons. The Balaban J connectivity index is 2.60. The molecule has 1 aromatic rings. The Morgan fingerprint density at radius 3 is 2.75 bits per heavy atom. The molecule has 0 atom stereocenters. The number of carbonyl (C=O) groups is 1. The number of amides is 1. The highest BCUT2D eigenvalue weighted by atomic mass is 16.5. The third kappa shape index (κ3) is 3.34. The maximum Gasteiger partial charge on any atom is 0.273 e. The maximum atomic E-state index is 11.5. The lowest BCUT2D eigenvalue weighted by Crippen LogP contribution is -2.25. The third-order valence-electron chi connectivity index (χ3n) is 2.10. The average molecular weight is 226 g/mol. The number of aliphatic hydroxyl groups is 1. The van der Waals surface area contributed by atoms with Gasteiger partial charge in [-0.25, -0.2) is 0 Å². The number of rotatable bonds is 4. The Labute approximate surface area is 94.8 Å². The minimum Gasteiger partial charge on any atom is -0.396 e. The van der Waals surface area contributed by atoms with Gasteiger partial charge in [0.1, 0.15) is 5.76 Å². The molecule has 1 amide bonds. The van der Waals surface area contributed by atoms with E-state index in [2.05, 4.69) is 10.5 Å². The fourth-order valence-electron chi connectivity index (χ4n) is 1.11. The quantitative estimate of drug-likeness (QED) is 0.753. The fraction of sp³-hybridized carbons (Fsp3) is 0.636. The van der Waals surface area contributed by atoms with Gasteiger partial charge in [0.05, 0.1) is 0 Å². The van der Waals surface area contributed by atoms with Crippen molar-refractivity contribution in [3.8, 4) is 0 Å². The van der Waals surface area contributed by atoms with Crippen LogP contribution < -0.4 is 5.32 Å². The highest BCUT2D eigenvalue weighted by molar-refractivity contribution is 5.92. The van der Waals surface area contributed by atoms with Crippen LogP contribution in [0.4, 0.5) is 0 Å². The summed E-state index contributed by atoms with van der Waals surface area (Å²) in [6, 6.07) is 1.65. The van der Waals surface area contributed by atoms with Crippen LogP contribution >= 0.6 is 0 Å². The summed E-state index contributed by atoms with van der Waals surface area (Å²) >= 11 is 0. The van der Waals surface area contributed by atoms with Gasteiger partial charge in [0.15, 0.2) is 5.69 Å². The highest BCUT2D eigenvalue weighted by Crippen LogP contribution is 2.22. The summed E-state index contributed by atoms with van der Waals surface area (Å²) in [5, 5.41) is 14.9. The first-order chi connectivity index (χ1) is 7.45. The van der Waals surface area contributed by atoms with Crippen molar-refractivity contribution in [1.29, 1.82) is 0 Å². The van der Waals surface area contributed by atoms with Gasteiger partial charge in [-0.1, -0.05) is 25.9 Å². The summed E-state index contributed by atoms with van der Waals surface area (Å²) in [5.41, 5.74) is 0.124. The minimum absolute atomic E-state index is 0.0618. The lowest BCUT2D eigenvalue weighted by molar-refractivity contribution is 0.0942. The second-order valence-electron chi connectivity index (χ2n) is 4.66. The lowest BCUT2D eigenvalue weighted by atomic mass is 9.93. The van der Waals surface area contributed by atoms with Crippen molar-refractivity contribution in [3.05, 3.63) is 17.5 Å². The van der Waals surface area contributed by atoms with Crippen molar-refractivity contribution < 1.29 is 14.4 Å². The van der Waals surface area contributed by atoms with Crippen molar-refractivity contribution in [2.75, 3.05) is 13.2 Å². The van der Waals surface area contributed by atoms with Gasteiger partial charge in [-0.05, 0) is 6.42 Å². The molecule has 1 rings (SSSR count). The lowest BCUT2D eigenvalue weighted by Gasteiger charge is -2.12. The molecule has 0 spiro atoms. The van der Waals surface area contributed by atoms with Crippen LogP contribution in [0.3, 0.4) is 0 Å². The standard InChI is InChI=1S/C11H18N2O3/c1-11(2,3)9-7-8(13-16-9)10(15)12-5-4-6-14/h7,14H,4-6H2,1-3H3,(H,12,15). The van der Waals surface area contributed by atoms with E-state index in [0.717, 1.165) is 0 Å². The normalized spacial score (nSPS) is 11.5. The molecular weight excluding hydrogens is 208 g/mol. The van der Waals surface area contributed by atoms with E-state index in [4.69, 9.17) is 9.63 Å². The molecule has 1 heterocycles. The van der Waals surface area contributed by atoms with Gasteiger partial charge in [-0.3, -0.25) is 4.79 Å². The summed E-state index contributed by atoms with van der Waals surface area (Å²) < 4.78 is 5.10. The Bertz CT molecular complexity index is 352. The van der Waals surface area contributed by atoms with Crippen LogP contribution in [0.25, 0.3) is 0 Å². The van der Waals surface area contributed by atoms with E-state index in [1.807, 2.05) is 20.8 Å². The zero-order valence-electron chi connectivity index (χ0n) is 9.91. The molecule has 5 nitrogen and oxygen atoms in total. The molecule has 0 bridgehead atoms. The summed E-state index contributed by atoms with van der Waals surface area (Å²) in [6.45, 7) is 6.46. The molecule has 0 unspecified atom stereocenters. The summed E-state index contributed by atoms with van der Waals surface area (Å²) in [5.74, 6) is 0.410. The minimum atomic E-state index is -0.271. The predicted octanol–water partition coefficient (Wildman–Crippen LogP) is 1.08. The third-order valence-corrected chi connectivity index (χ3v) is 2.10. The molecule has 0 radical (unpaired) electrons. The van der Waals surface area contributed by atoms with Crippen molar-refractivity contribution >= 4 is 5.91 Å². The van der Waals surface area contributed by atoms with Gasteiger partial charge in [0.2, 0.25) is 0 Å². The molecule has 1 aromatic heterocycles. The number of nitrogens with one attached hydrogen (secondary N) is 1. The molecule has 5 heteroatoms. The van der Waals surface area contributed by atoms with E-state index in [-0.39, 0.29) is 23.6 Å². The van der Waals surface area contributed by atoms with Crippen LogP contribution in [-0.2, 0) is 5.41 Å². The molecule has 2 N–H and O–H groups in total. The Morgan fingerprint density at radius 1 is 1.56 bits per heavy atom. The van der Waals surface area contributed by atoms with E-state index in [1.165, 1.54) is 0 Å². The van der Waals surface area contributed by atoms with Crippen LogP contribution in [0.15, 0.2) is 10.6 Å². The number of aliphatic hydroxyl groups excluding tert-OH is 1. The number of carbonyl (C=O) groups excluding carboxylic acids is 1. The van der Waals surface area contributed by atoms with E-state index >= 15 is 0 Å². The van der Waals surface area contributed by atoms with Gasteiger partial charge in [0, 0.05) is 24.6 Å². The largest absolute Gasteiger partial charge is 0.396 e. The first-order valence-corrected chi connectivity index (χ1v) is 5.31. The molecule has 0 aliphatic carbocycles. The number of hydrogen-bond acceptors (Lipinski definition) is 4. The molecule has 0 aliphatic rings. The van der Waals surface area contributed by atoms with E-state index in [0.29, 0.717) is 18.7 Å². The van der Waals surface area contributed by atoms with Crippen LogP contribution in [0, 0.1) is 0 Å². The monoisotopic (exact) mass is 226 g/mol. The topological polar surface area (TPSA) is 75.4 Å². The van der Waals surface area contributed by atoms with E-state index in [9.17, 15) is 4.79 Å². The Morgan fingerprint density at radius 2 is 2.25 bits per heavy atom. The number of hydrogen-bond donors (Lipinski definition) is 2. The van der Waals surface area contributed by atoms with Crippen LogP contribution in [-0.4, -0.2) is 29.3 Å². The van der Waals surface area contributed by atoms with Gasteiger partial charge in [-0.2, -0.15) is 0 Å². The van der Waals surface area contributed by atoms with Crippen molar-refractivity contribution in [2.24, 2.45) is 0 Å². The SMILES string of the molecule is CC(C)(C)c1cc(C(=O)NCCCO)no1. The van der Waals surface area contributed by atoms with Crippen LogP contribution in [0.5, 0.6) is 0 Å². The first kappa shape index (κ1) is 12.7. The summed E-state index contributed by atoms with van der Waals surface area (Å²) in [6.07, 6.45) is 0.537. The zero-order valence-corrected chi connectivity index (χ0v) is 9.91. The Hall–Kier alpha value is -1.36. The predicted molar refractivity (Wildman–Crippen MR) is 59.2 cm³/mol. The van der Waals surface area contributed by atoms with Crippen molar-refractivity contribution in [3.63, 3.8) is 0 Å². The van der Waals surface area contributed by atoms with Gasteiger partial charge in [0.25, 0.3) is 5.91 Å². The highest BCUT2D eigenvalue weighted by Gasteiger charge is 2.21. The second kappa shape index (κ2) is 5.12. The van der Waals surface area contributed by atoms with Crippen LogP contribution in [0.1, 0.15) is 43.4 Å². The average Bonchev–Trinajstić information content (AvgIpc) is 2.66. The summed E-state index contributed by atoms with van der Waals surface area (Å²) in [7, 11) is 0. The summed E-state index contributed by atoms with van der Waals surface area (Å²) in [4.78, 5) is 11.5.